The molecule has 5 heterocycles. The molecule has 5 heteroatoms. The van der Waals surface area contributed by atoms with Crippen molar-refractivity contribution in [2.24, 2.45) is 0 Å². The van der Waals surface area contributed by atoms with Gasteiger partial charge in [-0.2, -0.15) is 0 Å². The highest BCUT2D eigenvalue weighted by atomic mass is 15.2. The number of aromatic nitrogens is 5. The average Bonchev–Trinajstić information content (AvgIpc) is 3.96. The molecule has 0 saturated heterocycles. The van der Waals surface area contributed by atoms with Gasteiger partial charge in [-0.3, -0.25) is 13.4 Å². The van der Waals surface area contributed by atoms with Crippen LogP contribution in [0.15, 0.2) is 176 Å². The summed E-state index contributed by atoms with van der Waals surface area (Å²) >= 11 is 0. The highest BCUT2D eigenvalue weighted by Crippen LogP contribution is 2.42. The number of rotatable bonds is 3. The summed E-state index contributed by atoms with van der Waals surface area (Å²) in [7, 11) is 0. The molecule has 0 spiro atoms. The van der Waals surface area contributed by atoms with E-state index in [1.807, 2.05) is 0 Å². The van der Waals surface area contributed by atoms with Crippen LogP contribution >= 0.6 is 0 Å². The molecule has 0 fully saturated rings. The number of benzene rings is 7. The minimum atomic E-state index is 0.903. The van der Waals surface area contributed by atoms with Crippen LogP contribution in [-0.2, 0) is 0 Å². The molecule has 0 N–H and O–H groups in total. The molecular weight excluding hydrogens is 635 g/mol. The Bertz CT molecular complexity index is 3400. The van der Waals surface area contributed by atoms with E-state index in [1.54, 1.807) is 0 Å². The maximum absolute atomic E-state index is 5.25. The fourth-order valence-corrected chi connectivity index (χ4v) is 8.70. The van der Waals surface area contributed by atoms with Gasteiger partial charge in [0.05, 0.1) is 38.5 Å². The van der Waals surface area contributed by atoms with Crippen molar-refractivity contribution in [3.05, 3.63) is 176 Å². The zero-order chi connectivity index (χ0) is 33.9. The number of fused-ring (bicyclic) bond motifs is 15. The van der Waals surface area contributed by atoms with Crippen molar-refractivity contribution in [2.45, 2.75) is 0 Å². The van der Waals surface area contributed by atoms with Crippen LogP contribution in [0.4, 0.5) is 0 Å². The van der Waals surface area contributed by atoms with Gasteiger partial charge in [0.15, 0.2) is 0 Å². The van der Waals surface area contributed by atoms with Crippen LogP contribution in [0, 0.1) is 0 Å². The highest BCUT2D eigenvalue weighted by molar-refractivity contribution is 6.23. The third kappa shape index (κ3) is 3.64. The lowest BCUT2D eigenvalue weighted by Crippen LogP contribution is -2.02. The zero-order valence-corrected chi connectivity index (χ0v) is 28.0. The van der Waals surface area contributed by atoms with Crippen molar-refractivity contribution in [1.82, 2.24) is 22.9 Å². The van der Waals surface area contributed by atoms with Crippen LogP contribution in [0.2, 0.25) is 0 Å². The largest absolute Gasteiger partial charge is 0.309 e. The van der Waals surface area contributed by atoms with Crippen molar-refractivity contribution >= 4 is 76.8 Å². The lowest BCUT2D eigenvalue weighted by Gasteiger charge is -2.11. The topological polar surface area (TPSA) is 31.6 Å². The molecular formula is C47H29N5. The summed E-state index contributed by atoms with van der Waals surface area (Å²) in [6.07, 6.45) is 2.25. The molecule has 5 nitrogen and oxygen atoms in total. The molecule has 242 valence electrons. The van der Waals surface area contributed by atoms with E-state index < -0.39 is 0 Å². The van der Waals surface area contributed by atoms with Gasteiger partial charge in [-0.15, -0.1) is 0 Å². The summed E-state index contributed by atoms with van der Waals surface area (Å²) in [6.45, 7) is 0. The van der Waals surface area contributed by atoms with Crippen LogP contribution in [-0.4, -0.2) is 22.9 Å². The van der Waals surface area contributed by atoms with Crippen molar-refractivity contribution in [1.29, 1.82) is 0 Å². The van der Waals surface area contributed by atoms with Gasteiger partial charge < -0.3 is 4.57 Å². The van der Waals surface area contributed by atoms with Crippen LogP contribution < -0.4 is 0 Å². The number of para-hydroxylation sites is 5. The Kier molecular flexibility index (Phi) is 5.44. The fraction of sp³-hybridized carbons (Fsp3) is 0. The molecule has 0 aliphatic carbocycles. The molecule has 0 aliphatic rings. The molecule has 0 radical (unpaired) electrons. The summed E-state index contributed by atoms with van der Waals surface area (Å²) < 4.78 is 9.46. The third-order valence-electron chi connectivity index (χ3n) is 10.9. The van der Waals surface area contributed by atoms with Crippen molar-refractivity contribution in [2.75, 3.05) is 0 Å². The smallest absolute Gasteiger partial charge is 0.221 e. The van der Waals surface area contributed by atoms with Crippen molar-refractivity contribution in [3.63, 3.8) is 0 Å². The van der Waals surface area contributed by atoms with Gasteiger partial charge in [-0.25, -0.2) is 4.98 Å². The number of imidazole rings is 1. The van der Waals surface area contributed by atoms with Crippen LogP contribution in [0.5, 0.6) is 0 Å². The van der Waals surface area contributed by atoms with Crippen molar-refractivity contribution in [3.8, 4) is 22.5 Å². The second-order valence-electron chi connectivity index (χ2n) is 13.7. The second-order valence-corrected chi connectivity index (χ2v) is 13.7. The second kappa shape index (κ2) is 10.2. The van der Waals surface area contributed by atoms with Gasteiger partial charge in [-0.1, -0.05) is 103 Å². The summed E-state index contributed by atoms with van der Waals surface area (Å²) in [4.78, 5) is 5.25. The van der Waals surface area contributed by atoms with Gasteiger partial charge in [-0.05, 0) is 77.9 Å². The van der Waals surface area contributed by atoms with Crippen LogP contribution in [0.3, 0.4) is 0 Å². The van der Waals surface area contributed by atoms with E-state index in [-0.39, 0.29) is 0 Å². The Hall–Kier alpha value is -7.11. The van der Waals surface area contributed by atoms with Gasteiger partial charge in [0.1, 0.15) is 5.65 Å². The van der Waals surface area contributed by atoms with Gasteiger partial charge >= 0.3 is 0 Å². The molecule has 0 amide bonds. The molecule has 0 saturated carbocycles. The minimum absolute atomic E-state index is 0.903. The molecule has 7 aromatic carbocycles. The fourth-order valence-electron chi connectivity index (χ4n) is 8.70. The number of nitrogens with zero attached hydrogens (tertiary/aromatic N) is 5. The SMILES string of the molecule is c1ccc(-n2c3ccccc3c3cc(-c4ccc5c(c4)c4c6c7ccccc7cn6c6nc7ccccc7n6c4n5-c4ccccc4)ccc32)cc1. The maximum atomic E-state index is 5.25. The molecule has 0 aliphatic heterocycles. The summed E-state index contributed by atoms with van der Waals surface area (Å²) in [5.74, 6) is 0.903. The highest BCUT2D eigenvalue weighted by Gasteiger charge is 2.24. The number of hydrogen-bond donors (Lipinski definition) is 0. The summed E-state index contributed by atoms with van der Waals surface area (Å²) in [6, 6.07) is 61.3. The monoisotopic (exact) mass is 663 g/mol. The Morgan fingerprint density at radius 3 is 1.77 bits per heavy atom. The lowest BCUT2D eigenvalue weighted by molar-refractivity contribution is 1.07. The molecule has 12 aromatic rings. The summed E-state index contributed by atoms with van der Waals surface area (Å²) in [5, 5.41) is 7.32. The first-order chi connectivity index (χ1) is 25.8. The Balaban J connectivity index is 1.23. The van der Waals surface area contributed by atoms with Crippen LogP contribution in [0.1, 0.15) is 0 Å². The average molecular weight is 664 g/mol. The van der Waals surface area contributed by atoms with E-state index in [0.717, 1.165) is 33.7 Å². The zero-order valence-electron chi connectivity index (χ0n) is 28.0. The normalized spacial score (nSPS) is 12.2. The van der Waals surface area contributed by atoms with E-state index >= 15 is 0 Å². The van der Waals surface area contributed by atoms with E-state index in [4.69, 9.17) is 4.98 Å². The molecule has 12 rings (SSSR count). The third-order valence-corrected chi connectivity index (χ3v) is 10.9. The quantitative estimate of drug-likeness (QED) is 0.185. The molecule has 0 unspecified atom stereocenters. The maximum Gasteiger partial charge on any atom is 0.221 e. The van der Waals surface area contributed by atoms with E-state index in [1.165, 1.54) is 65.7 Å². The predicted octanol–water partition coefficient (Wildman–Crippen LogP) is 11.8. The van der Waals surface area contributed by atoms with Gasteiger partial charge in [0.2, 0.25) is 5.78 Å². The standard InChI is InChI=1S/C47H29N5/c1-3-14-33(15-4-1)50-40-21-11-9-19-36(40)37-27-30(23-25-41(37)50)31-24-26-42-38(28-31)44-45-35-18-8-7-13-32(35)29-49(45)47-48-39-20-10-12-22-43(39)52(47)46(44)51(42)34-16-5-2-6-17-34/h1-29H. The molecule has 0 atom stereocenters. The van der Waals surface area contributed by atoms with Gasteiger partial charge in [0, 0.05) is 44.5 Å². The Morgan fingerprint density at radius 2 is 1.00 bits per heavy atom. The van der Waals surface area contributed by atoms with E-state index in [0.29, 0.717) is 0 Å². The Labute approximate surface area is 297 Å². The first-order valence-corrected chi connectivity index (χ1v) is 17.7. The van der Waals surface area contributed by atoms with Crippen LogP contribution in [0.25, 0.3) is 99.3 Å². The Morgan fingerprint density at radius 1 is 0.423 bits per heavy atom. The van der Waals surface area contributed by atoms with E-state index in [9.17, 15) is 0 Å². The lowest BCUT2D eigenvalue weighted by atomic mass is 10.0. The first kappa shape index (κ1) is 27.7. The molecule has 52 heavy (non-hydrogen) atoms. The summed E-state index contributed by atoms with van der Waals surface area (Å²) in [5.41, 5.74) is 12.6. The molecule has 5 aromatic heterocycles. The predicted molar refractivity (Wildman–Crippen MR) is 215 cm³/mol. The van der Waals surface area contributed by atoms with Gasteiger partial charge in [0.25, 0.3) is 0 Å². The molecule has 0 bridgehead atoms. The van der Waals surface area contributed by atoms with E-state index in [2.05, 4.69) is 194 Å². The minimum Gasteiger partial charge on any atom is -0.309 e. The first-order valence-electron chi connectivity index (χ1n) is 17.7. The van der Waals surface area contributed by atoms with Crippen molar-refractivity contribution < 1.29 is 0 Å². The number of hydrogen-bond acceptors (Lipinski definition) is 1.